The summed E-state index contributed by atoms with van der Waals surface area (Å²) in [6, 6.07) is 14.1. The maximum Gasteiger partial charge on any atom is 0.305 e. The third-order valence-corrected chi connectivity index (χ3v) is 4.39. The number of hydrogen-bond acceptors (Lipinski definition) is 4. The first kappa shape index (κ1) is 21.5. The van der Waals surface area contributed by atoms with Crippen LogP contribution in [0.1, 0.15) is 23.2 Å². The number of carbonyl (C=O) groups excluding carboxylic acids is 1. The van der Waals surface area contributed by atoms with Crippen LogP contribution < -0.4 is 0 Å². The van der Waals surface area contributed by atoms with Crippen LogP contribution in [0, 0.1) is 19.7 Å². The molecule has 0 N–H and O–H groups in total. The number of benzene rings is 2. The Morgan fingerprint density at radius 1 is 1.07 bits per heavy atom. The highest BCUT2D eigenvalue weighted by atomic mass is 35.5. The summed E-state index contributed by atoms with van der Waals surface area (Å²) in [5.74, 6) is 0.191. The summed E-state index contributed by atoms with van der Waals surface area (Å²) in [7, 11) is 1.38. The van der Waals surface area contributed by atoms with Gasteiger partial charge in [-0.05, 0) is 43.2 Å². The SMILES string of the molecule is COC(=O)CCc1nc(-c2ccccc2Cl)ncc1C.Cc1ccccc1F. The number of nitrogens with zero attached hydrogens (tertiary/aromatic N) is 2. The van der Waals surface area contributed by atoms with Gasteiger partial charge in [-0.2, -0.15) is 0 Å². The topological polar surface area (TPSA) is 52.1 Å². The van der Waals surface area contributed by atoms with Gasteiger partial charge in [0, 0.05) is 23.9 Å². The number of halogens is 2. The number of rotatable bonds is 4. The van der Waals surface area contributed by atoms with Gasteiger partial charge in [-0.25, -0.2) is 14.4 Å². The van der Waals surface area contributed by atoms with E-state index in [-0.39, 0.29) is 11.8 Å². The van der Waals surface area contributed by atoms with E-state index in [0.717, 1.165) is 16.8 Å². The molecule has 1 aromatic heterocycles. The van der Waals surface area contributed by atoms with E-state index in [0.29, 0.717) is 29.3 Å². The van der Waals surface area contributed by atoms with Crippen LogP contribution >= 0.6 is 11.6 Å². The fourth-order valence-corrected chi connectivity index (χ4v) is 2.60. The fourth-order valence-electron chi connectivity index (χ4n) is 2.38. The van der Waals surface area contributed by atoms with E-state index < -0.39 is 0 Å². The Kier molecular flexibility index (Phi) is 8.08. The molecule has 4 nitrogen and oxygen atoms in total. The molecule has 0 aliphatic heterocycles. The summed E-state index contributed by atoms with van der Waals surface area (Å²) in [6.45, 7) is 3.67. The fraction of sp³-hybridized carbons (Fsp3) is 0.227. The molecule has 0 aliphatic rings. The predicted molar refractivity (Wildman–Crippen MR) is 109 cm³/mol. The van der Waals surface area contributed by atoms with Crippen LogP contribution in [-0.2, 0) is 16.0 Å². The quantitative estimate of drug-likeness (QED) is 0.554. The van der Waals surface area contributed by atoms with E-state index >= 15 is 0 Å². The molecule has 0 saturated heterocycles. The first-order valence-corrected chi connectivity index (χ1v) is 9.15. The van der Waals surface area contributed by atoms with Gasteiger partial charge >= 0.3 is 5.97 Å². The maximum absolute atomic E-state index is 12.3. The smallest absolute Gasteiger partial charge is 0.305 e. The molecule has 0 amide bonds. The number of aromatic nitrogens is 2. The van der Waals surface area contributed by atoms with Crippen molar-refractivity contribution in [1.82, 2.24) is 9.97 Å². The summed E-state index contributed by atoms with van der Waals surface area (Å²) in [6.07, 6.45) is 2.58. The van der Waals surface area contributed by atoms with E-state index in [2.05, 4.69) is 14.7 Å². The van der Waals surface area contributed by atoms with Gasteiger partial charge in [0.15, 0.2) is 5.82 Å². The Labute approximate surface area is 169 Å². The lowest BCUT2D eigenvalue weighted by molar-refractivity contribution is -0.140. The van der Waals surface area contributed by atoms with Gasteiger partial charge in [0.2, 0.25) is 0 Å². The Balaban J connectivity index is 0.000000292. The molecule has 0 unspecified atom stereocenters. The van der Waals surface area contributed by atoms with E-state index in [1.165, 1.54) is 13.2 Å². The van der Waals surface area contributed by atoms with Gasteiger partial charge < -0.3 is 4.74 Å². The van der Waals surface area contributed by atoms with Crippen molar-refractivity contribution in [3.05, 3.63) is 82.4 Å². The van der Waals surface area contributed by atoms with E-state index in [4.69, 9.17) is 11.6 Å². The van der Waals surface area contributed by atoms with Crippen molar-refractivity contribution in [2.24, 2.45) is 0 Å². The minimum Gasteiger partial charge on any atom is -0.469 e. The highest BCUT2D eigenvalue weighted by Gasteiger charge is 2.10. The van der Waals surface area contributed by atoms with E-state index in [1.54, 1.807) is 31.3 Å². The van der Waals surface area contributed by atoms with E-state index in [1.807, 2.05) is 31.2 Å². The average molecular weight is 401 g/mol. The second-order valence-corrected chi connectivity index (χ2v) is 6.54. The zero-order chi connectivity index (χ0) is 20.5. The van der Waals surface area contributed by atoms with Crippen molar-refractivity contribution in [1.29, 1.82) is 0 Å². The average Bonchev–Trinajstić information content (AvgIpc) is 2.70. The Hall–Kier alpha value is -2.79. The van der Waals surface area contributed by atoms with Crippen molar-refractivity contribution in [3.8, 4) is 11.4 Å². The zero-order valence-electron chi connectivity index (χ0n) is 16.1. The first-order valence-electron chi connectivity index (χ1n) is 8.77. The monoisotopic (exact) mass is 400 g/mol. The molecular weight excluding hydrogens is 379 g/mol. The Bertz CT molecular complexity index is 926. The van der Waals surface area contributed by atoms with Gasteiger partial charge in [-0.3, -0.25) is 4.79 Å². The van der Waals surface area contributed by atoms with Crippen LogP contribution in [0.3, 0.4) is 0 Å². The van der Waals surface area contributed by atoms with Crippen LogP contribution in [0.2, 0.25) is 5.02 Å². The third kappa shape index (κ3) is 6.13. The van der Waals surface area contributed by atoms with Gasteiger partial charge in [0.25, 0.3) is 0 Å². The Morgan fingerprint density at radius 3 is 2.36 bits per heavy atom. The van der Waals surface area contributed by atoms with Crippen LogP contribution in [0.15, 0.2) is 54.7 Å². The largest absolute Gasteiger partial charge is 0.469 e. The number of aryl methyl sites for hydroxylation is 3. The highest BCUT2D eigenvalue weighted by Crippen LogP contribution is 2.25. The molecular formula is C22H22ClFN2O2. The number of methoxy groups -OCH3 is 1. The summed E-state index contributed by atoms with van der Waals surface area (Å²) in [5.41, 5.74) is 3.27. The second-order valence-electron chi connectivity index (χ2n) is 6.13. The van der Waals surface area contributed by atoms with Gasteiger partial charge in [0.05, 0.1) is 18.6 Å². The van der Waals surface area contributed by atoms with Crippen molar-refractivity contribution < 1.29 is 13.9 Å². The lowest BCUT2D eigenvalue weighted by atomic mass is 10.1. The molecule has 3 rings (SSSR count). The summed E-state index contributed by atoms with van der Waals surface area (Å²) in [5, 5.41) is 0.607. The molecule has 3 aromatic rings. The minimum atomic E-state index is -0.248. The lowest BCUT2D eigenvalue weighted by Crippen LogP contribution is -2.05. The summed E-state index contributed by atoms with van der Waals surface area (Å²) >= 11 is 6.15. The van der Waals surface area contributed by atoms with Crippen LogP contribution in [0.25, 0.3) is 11.4 Å². The third-order valence-electron chi connectivity index (χ3n) is 4.06. The summed E-state index contributed by atoms with van der Waals surface area (Å²) < 4.78 is 17.0. The molecule has 2 aromatic carbocycles. The van der Waals surface area contributed by atoms with Gasteiger partial charge in [-0.15, -0.1) is 0 Å². The Morgan fingerprint density at radius 2 is 1.75 bits per heavy atom. The number of ether oxygens (including phenoxy) is 1. The molecule has 146 valence electrons. The zero-order valence-corrected chi connectivity index (χ0v) is 16.8. The van der Waals surface area contributed by atoms with Crippen LogP contribution in [-0.4, -0.2) is 23.0 Å². The predicted octanol–water partition coefficient (Wildman–Crippen LogP) is 5.35. The van der Waals surface area contributed by atoms with Gasteiger partial charge in [0.1, 0.15) is 5.82 Å². The molecule has 1 heterocycles. The molecule has 0 spiro atoms. The molecule has 0 bridgehead atoms. The van der Waals surface area contributed by atoms with Crippen molar-refractivity contribution >= 4 is 17.6 Å². The van der Waals surface area contributed by atoms with Crippen LogP contribution in [0.5, 0.6) is 0 Å². The first-order chi connectivity index (χ1) is 13.4. The molecule has 0 saturated carbocycles. The van der Waals surface area contributed by atoms with Crippen molar-refractivity contribution in [2.75, 3.05) is 7.11 Å². The molecule has 0 fully saturated rings. The van der Waals surface area contributed by atoms with Crippen LogP contribution in [0.4, 0.5) is 4.39 Å². The maximum atomic E-state index is 12.3. The number of carbonyl (C=O) groups is 1. The molecule has 28 heavy (non-hydrogen) atoms. The summed E-state index contributed by atoms with van der Waals surface area (Å²) in [4.78, 5) is 20.0. The van der Waals surface area contributed by atoms with Crippen molar-refractivity contribution in [2.45, 2.75) is 26.7 Å². The number of hydrogen-bond donors (Lipinski definition) is 0. The molecule has 6 heteroatoms. The second kappa shape index (κ2) is 10.5. The molecule has 0 aliphatic carbocycles. The van der Waals surface area contributed by atoms with Gasteiger partial charge in [-0.1, -0.05) is 41.9 Å². The standard InChI is InChI=1S/C15H15ClN2O2.C7H7F/c1-10-9-17-15(11-5-3-4-6-12(11)16)18-13(10)7-8-14(19)20-2;1-6-4-2-3-5-7(6)8/h3-6,9H,7-8H2,1-2H3;2-5H,1H3. The molecule has 0 radical (unpaired) electrons. The van der Waals surface area contributed by atoms with E-state index in [9.17, 15) is 9.18 Å². The highest BCUT2D eigenvalue weighted by molar-refractivity contribution is 6.33. The molecule has 0 atom stereocenters. The minimum absolute atomic E-state index is 0.132. The normalized spacial score (nSPS) is 10.0. The number of esters is 1. The lowest BCUT2D eigenvalue weighted by Gasteiger charge is -2.08. The van der Waals surface area contributed by atoms with Crippen molar-refractivity contribution in [3.63, 3.8) is 0 Å².